The lowest BCUT2D eigenvalue weighted by molar-refractivity contribution is 0.668. The maximum Gasteiger partial charge on any atom is 0.137 e. The lowest BCUT2D eigenvalue weighted by Gasteiger charge is -2.26. The molecule has 11 aromatic rings. The minimum atomic E-state index is 0.830. The molecule has 0 unspecified atom stereocenters. The van der Waals surface area contributed by atoms with Crippen LogP contribution in [0.2, 0.25) is 0 Å². The quantitative estimate of drug-likeness (QED) is 0.172. The summed E-state index contributed by atoms with van der Waals surface area (Å²) in [7, 11) is 0. The molecule has 0 atom stereocenters. The fourth-order valence-corrected chi connectivity index (χ4v) is 8.76. The molecule has 0 saturated carbocycles. The number of benzene rings is 8. The third kappa shape index (κ3) is 5.01. The van der Waals surface area contributed by atoms with E-state index in [0.717, 1.165) is 87.3 Å². The largest absolute Gasteiger partial charge is 0.456 e. The van der Waals surface area contributed by atoms with E-state index in [9.17, 15) is 0 Å². The summed E-state index contributed by atoms with van der Waals surface area (Å²) in [5.41, 5.74) is 13.3. The van der Waals surface area contributed by atoms with Gasteiger partial charge in [0.05, 0.1) is 15.6 Å². The standard InChI is InChI=1S/C49H30N2O2S/c1-3-11-31(12-4-1)37-15-7-8-16-38(37)32-19-21-34(22-20-32)51(36-23-25-40-39-17-9-10-18-42(39)53-45(40)30-36)35-24-26-43-41(29-35)47-44(52-43)27-28-46-48(47)50-49(54-46)33-13-5-2-6-14-33/h1-30H. The predicted molar refractivity (Wildman–Crippen MR) is 225 cm³/mol. The van der Waals surface area contributed by atoms with E-state index in [4.69, 9.17) is 13.8 Å². The first-order valence-electron chi connectivity index (χ1n) is 18.0. The van der Waals surface area contributed by atoms with E-state index in [-0.39, 0.29) is 0 Å². The van der Waals surface area contributed by atoms with Crippen molar-refractivity contribution in [3.05, 3.63) is 182 Å². The molecule has 5 heteroatoms. The monoisotopic (exact) mass is 710 g/mol. The molecule has 8 aromatic carbocycles. The number of aromatic nitrogens is 1. The molecule has 0 fully saturated rings. The number of fused-ring (bicyclic) bond motifs is 8. The normalized spacial score (nSPS) is 11.7. The van der Waals surface area contributed by atoms with Crippen molar-refractivity contribution < 1.29 is 8.83 Å². The number of rotatable bonds is 6. The summed E-state index contributed by atoms with van der Waals surface area (Å²) < 4.78 is 14.0. The second-order valence-electron chi connectivity index (χ2n) is 13.5. The van der Waals surface area contributed by atoms with Crippen LogP contribution in [0.25, 0.3) is 86.9 Å². The van der Waals surface area contributed by atoms with E-state index in [0.29, 0.717) is 0 Å². The maximum atomic E-state index is 6.46. The highest BCUT2D eigenvalue weighted by Gasteiger charge is 2.20. The zero-order valence-electron chi connectivity index (χ0n) is 28.9. The Kier molecular flexibility index (Phi) is 7.00. The van der Waals surface area contributed by atoms with Crippen molar-refractivity contribution in [2.24, 2.45) is 0 Å². The number of nitrogens with zero attached hydrogens (tertiary/aromatic N) is 2. The van der Waals surface area contributed by atoms with Gasteiger partial charge in [-0.1, -0.05) is 115 Å². The molecule has 0 radical (unpaired) electrons. The van der Waals surface area contributed by atoms with E-state index in [1.54, 1.807) is 11.3 Å². The van der Waals surface area contributed by atoms with Crippen LogP contribution < -0.4 is 4.90 Å². The van der Waals surface area contributed by atoms with Crippen molar-refractivity contribution >= 4 is 82.5 Å². The van der Waals surface area contributed by atoms with Gasteiger partial charge in [0, 0.05) is 44.9 Å². The minimum Gasteiger partial charge on any atom is -0.456 e. The van der Waals surface area contributed by atoms with Crippen molar-refractivity contribution in [1.82, 2.24) is 4.98 Å². The van der Waals surface area contributed by atoms with Gasteiger partial charge in [0.15, 0.2) is 0 Å². The van der Waals surface area contributed by atoms with Gasteiger partial charge >= 0.3 is 0 Å². The lowest BCUT2D eigenvalue weighted by atomic mass is 9.94. The first kappa shape index (κ1) is 30.7. The first-order chi connectivity index (χ1) is 26.7. The van der Waals surface area contributed by atoms with E-state index in [1.807, 2.05) is 18.2 Å². The number of hydrogen-bond acceptors (Lipinski definition) is 5. The Morgan fingerprint density at radius 2 is 0.981 bits per heavy atom. The average Bonchev–Trinajstić information content (AvgIpc) is 3.95. The SMILES string of the molecule is c1ccc(-c2nc3c(ccc4oc5ccc(N(c6ccc(-c7ccccc7-c7ccccc7)cc6)c6ccc7c(c6)oc6ccccc67)cc5c43)s2)cc1. The molecule has 254 valence electrons. The smallest absolute Gasteiger partial charge is 0.137 e. The van der Waals surface area contributed by atoms with Gasteiger partial charge < -0.3 is 13.7 Å². The zero-order valence-corrected chi connectivity index (χ0v) is 29.8. The summed E-state index contributed by atoms with van der Waals surface area (Å²) in [5, 5.41) is 5.27. The molecule has 0 N–H and O–H groups in total. The summed E-state index contributed by atoms with van der Waals surface area (Å²) in [6.07, 6.45) is 0. The highest BCUT2D eigenvalue weighted by Crippen LogP contribution is 2.44. The Morgan fingerprint density at radius 3 is 1.78 bits per heavy atom. The van der Waals surface area contributed by atoms with Gasteiger partial charge in [-0.25, -0.2) is 4.98 Å². The van der Waals surface area contributed by atoms with Crippen LogP contribution >= 0.6 is 11.3 Å². The van der Waals surface area contributed by atoms with Gasteiger partial charge in [0.25, 0.3) is 0 Å². The van der Waals surface area contributed by atoms with Gasteiger partial charge in [-0.05, 0) is 82.9 Å². The van der Waals surface area contributed by atoms with E-state index in [2.05, 4.69) is 169 Å². The minimum absolute atomic E-state index is 0.830. The summed E-state index contributed by atoms with van der Waals surface area (Å²) >= 11 is 1.71. The van der Waals surface area contributed by atoms with E-state index < -0.39 is 0 Å². The Labute approximate surface area is 314 Å². The van der Waals surface area contributed by atoms with Crippen LogP contribution in [0.15, 0.2) is 191 Å². The topological polar surface area (TPSA) is 42.4 Å². The Bertz CT molecular complexity index is 3160. The third-order valence-electron chi connectivity index (χ3n) is 10.3. The van der Waals surface area contributed by atoms with Crippen molar-refractivity contribution in [1.29, 1.82) is 0 Å². The third-order valence-corrected chi connectivity index (χ3v) is 11.4. The predicted octanol–water partition coefficient (Wildman–Crippen LogP) is 14.6. The van der Waals surface area contributed by atoms with Crippen LogP contribution in [0.3, 0.4) is 0 Å². The van der Waals surface area contributed by atoms with Crippen molar-refractivity contribution in [2.75, 3.05) is 4.90 Å². The van der Waals surface area contributed by atoms with Crippen LogP contribution in [0.4, 0.5) is 17.1 Å². The summed E-state index contributed by atoms with van der Waals surface area (Å²) in [6, 6.07) is 63.8. The van der Waals surface area contributed by atoms with Crippen molar-refractivity contribution in [3.8, 4) is 32.8 Å². The number of anilines is 3. The van der Waals surface area contributed by atoms with Crippen LogP contribution in [-0.2, 0) is 0 Å². The average molecular weight is 711 g/mol. The Morgan fingerprint density at radius 1 is 0.407 bits per heavy atom. The number of hydrogen-bond donors (Lipinski definition) is 0. The molecule has 0 aliphatic rings. The molecule has 4 nitrogen and oxygen atoms in total. The number of furan rings is 2. The molecule has 0 bridgehead atoms. The molecule has 3 heterocycles. The number of para-hydroxylation sites is 1. The Hall–Kier alpha value is -6.95. The van der Waals surface area contributed by atoms with Crippen LogP contribution in [0.1, 0.15) is 0 Å². The van der Waals surface area contributed by atoms with Gasteiger partial charge in [0.2, 0.25) is 0 Å². The molecule has 11 rings (SSSR count). The van der Waals surface area contributed by atoms with E-state index >= 15 is 0 Å². The van der Waals surface area contributed by atoms with Crippen molar-refractivity contribution in [3.63, 3.8) is 0 Å². The van der Waals surface area contributed by atoms with Gasteiger partial charge in [-0.2, -0.15) is 0 Å². The number of thiazole rings is 1. The molecule has 54 heavy (non-hydrogen) atoms. The van der Waals surface area contributed by atoms with E-state index in [1.165, 1.54) is 16.7 Å². The van der Waals surface area contributed by atoms with Gasteiger partial charge in [0.1, 0.15) is 27.3 Å². The maximum absolute atomic E-state index is 6.46. The van der Waals surface area contributed by atoms with Gasteiger partial charge in [-0.15, -0.1) is 11.3 Å². The highest BCUT2D eigenvalue weighted by atomic mass is 32.1. The van der Waals surface area contributed by atoms with Crippen molar-refractivity contribution in [2.45, 2.75) is 0 Å². The second kappa shape index (κ2) is 12.3. The van der Waals surface area contributed by atoms with Crippen LogP contribution in [-0.4, -0.2) is 4.98 Å². The first-order valence-corrected chi connectivity index (χ1v) is 18.8. The van der Waals surface area contributed by atoms with Crippen LogP contribution in [0.5, 0.6) is 0 Å². The molecule has 0 aliphatic carbocycles. The van der Waals surface area contributed by atoms with Gasteiger partial charge in [-0.3, -0.25) is 0 Å². The Balaban J connectivity index is 1.09. The fraction of sp³-hybridized carbons (Fsp3) is 0. The molecular weight excluding hydrogens is 681 g/mol. The molecule has 0 amide bonds. The summed E-state index contributed by atoms with van der Waals surface area (Å²) in [5.74, 6) is 0. The molecule has 0 spiro atoms. The molecule has 0 saturated heterocycles. The summed E-state index contributed by atoms with van der Waals surface area (Å²) in [6.45, 7) is 0. The molecular formula is C49H30N2O2S. The lowest BCUT2D eigenvalue weighted by Crippen LogP contribution is -2.09. The zero-order chi connectivity index (χ0) is 35.6. The second-order valence-corrected chi connectivity index (χ2v) is 14.6. The molecule has 3 aromatic heterocycles. The highest BCUT2D eigenvalue weighted by molar-refractivity contribution is 7.21. The fourth-order valence-electron chi connectivity index (χ4n) is 7.78. The molecule has 0 aliphatic heterocycles. The summed E-state index contributed by atoms with van der Waals surface area (Å²) in [4.78, 5) is 7.48. The van der Waals surface area contributed by atoms with Crippen LogP contribution in [0, 0.1) is 0 Å².